The van der Waals surface area contributed by atoms with E-state index in [9.17, 15) is 4.79 Å². The Morgan fingerprint density at radius 2 is 2.36 bits per heavy atom. The van der Waals surface area contributed by atoms with Crippen molar-refractivity contribution in [3.63, 3.8) is 0 Å². The Hall–Kier alpha value is -0.610. The van der Waals surface area contributed by atoms with Gasteiger partial charge in [0.15, 0.2) is 0 Å². The van der Waals surface area contributed by atoms with E-state index < -0.39 is 11.6 Å². The van der Waals surface area contributed by atoms with E-state index in [0.717, 1.165) is 12.8 Å². The number of aliphatic carboxylic acids is 1. The van der Waals surface area contributed by atoms with Crippen LogP contribution in [0.3, 0.4) is 0 Å². The number of carbonyl (C=O) groups is 1. The predicted molar refractivity (Wildman–Crippen MR) is 51.3 cm³/mol. The number of hydrogen-bond donors (Lipinski definition) is 1. The maximum atomic E-state index is 10.7. The fourth-order valence-corrected chi connectivity index (χ4v) is 1.88. The lowest BCUT2D eigenvalue weighted by atomic mass is 9.92. The lowest BCUT2D eigenvalue weighted by molar-refractivity contribution is -0.170. The van der Waals surface area contributed by atoms with Gasteiger partial charge in [0.2, 0.25) is 0 Å². The molecular weight excluding hydrogens is 184 g/mol. The first-order valence-electron chi connectivity index (χ1n) is 5.01. The second-order valence-corrected chi connectivity index (χ2v) is 4.08. The Bertz CT molecular complexity index is 194. The zero-order chi connectivity index (χ0) is 10.6. The highest BCUT2D eigenvalue weighted by molar-refractivity contribution is 5.68. The molecule has 4 nitrogen and oxygen atoms in total. The average Bonchev–Trinajstić information content (AvgIpc) is 2.01. The third-order valence-electron chi connectivity index (χ3n) is 2.25. The topological polar surface area (TPSA) is 55.8 Å². The fraction of sp³-hybridized carbons (Fsp3) is 0.900. The molecule has 0 amide bonds. The van der Waals surface area contributed by atoms with E-state index >= 15 is 0 Å². The minimum absolute atomic E-state index is 0.0329. The van der Waals surface area contributed by atoms with E-state index in [1.54, 1.807) is 0 Å². The highest BCUT2D eigenvalue weighted by atomic mass is 16.6. The Balaban J connectivity index is 2.61. The number of carboxylic acid groups (broad SMARTS) is 1. The monoisotopic (exact) mass is 202 g/mol. The fourth-order valence-electron chi connectivity index (χ4n) is 1.88. The smallest absolute Gasteiger partial charge is 0.306 e. The van der Waals surface area contributed by atoms with Crippen molar-refractivity contribution in [3.05, 3.63) is 0 Å². The van der Waals surface area contributed by atoms with Gasteiger partial charge in [-0.05, 0) is 26.7 Å². The number of ether oxygens (including phenoxy) is 2. The summed E-state index contributed by atoms with van der Waals surface area (Å²) in [5.41, 5.74) is -0.599. The van der Waals surface area contributed by atoms with Crippen molar-refractivity contribution in [2.45, 2.75) is 44.8 Å². The second kappa shape index (κ2) is 4.75. The van der Waals surface area contributed by atoms with Crippen LogP contribution in [0, 0.1) is 0 Å². The summed E-state index contributed by atoms with van der Waals surface area (Å²) in [7, 11) is 0. The minimum atomic E-state index is -0.823. The zero-order valence-electron chi connectivity index (χ0n) is 8.78. The van der Waals surface area contributed by atoms with Gasteiger partial charge in [0.1, 0.15) is 5.60 Å². The van der Waals surface area contributed by atoms with Gasteiger partial charge < -0.3 is 14.6 Å². The molecule has 1 aliphatic rings. The first-order valence-corrected chi connectivity index (χ1v) is 5.01. The van der Waals surface area contributed by atoms with Gasteiger partial charge >= 0.3 is 5.97 Å². The van der Waals surface area contributed by atoms with Gasteiger partial charge in [-0.15, -0.1) is 0 Å². The molecule has 0 aromatic carbocycles. The molecule has 14 heavy (non-hydrogen) atoms. The predicted octanol–water partition coefficient (Wildman–Crippen LogP) is 1.44. The Morgan fingerprint density at radius 1 is 1.64 bits per heavy atom. The van der Waals surface area contributed by atoms with Crippen LogP contribution in [0.15, 0.2) is 0 Å². The van der Waals surface area contributed by atoms with Crippen LogP contribution < -0.4 is 0 Å². The normalized spacial score (nSPS) is 27.9. The van der Waals surface area contributed by atoms with Crippen LogP contribution in [0.25, 0.3) is 0 Å². The van der Waals surface area contributed by atoms with Crippen LogP contribution in [0.2, 0.25) is 0 Å². The summed E-state index contributed by atoms with van der Waals surface area (Å²) in [6.45, 7) is 4.94. The lowest BCUT2D eigenvalue weighted by Gasteiger charge is -2.37. The van der Waals surface area contributed by atoms with E-state index in [4.69, 9.17) is 14.6 Å². The van der Waals surface area contributed by atoms with Crippen LogP contribution in [-0.4, -0.2) is 36.0 Å². The zero-order valence-corrected chi connectivity index (χ0v) is 8.78. The van der Waals surface area contributed by atoms with Crippen LogP contribution >= 0.6 is 0 Å². The molecule has 0 aromatic rings. The molecule has 0 spiro atoms. The van der Waals surface area contributed by atoms with E-state index in [0.29, 0.717) is 13.2 Å². The molecule has 1 atom stereocenters. The molecule has 0 saturated carbocycles. The highest BCUT2D eigenvalue weighted by Crippen LogP contribution is 2.28. The van der Waals surface area contributed by atoms with Crippen LogP contribution in [0.1, 0.15) is 33.1 Å². The number of rotatable bonds is 4. The van der Waals surface area contributed by atoms with E-state index in [1.165, 1.54) is 0 Å². The van der Waals surface area contributed by atoms with Gasteiger partial charge in [-0.3, -0.25) is 4.79 Å². The molecule has 82 valence electrons. The SMILES string of the molecule is CC(C)OC1(CC(=O)O)CCCOC1. The molecule has 1 unspecified atom stereocenters. The number of hydrogen-bond acceptors (Lipinski definition) is 3. The van der Waals surface area contributed by atoms with Gasteiger partial charge in [-0.1, -0.05) is 0 Å². The molecule has 0 radical (unpaired) electrons. The standard InChI is InChI=1S/C10H18O4/c1-8(2)14-10(6-9(11)12)4-3-5-13-7-10/h8H,3-7H2,1-2H3,(H,11,12). The summed E-state index contributed by atoms with van der Waals surface area (Å²) in [4.78, 5) is 10.7. The quantitative estimate of drug-likeness (QED) is 0.749. The summed E-state index contributed by atoms with van der Waals surface area (Å²) in [6, 6.07) is 0. The van der Waals surface area contributed by atoms with E-state index in [1.807, 2.05) is 13.8 Å². The molecule has 0 aliphatic carbocycles. The molecule has 1 saturated heterocycles. The van der Waals surface area contributed by atoms with Gasteiger partial charge in [0.05, 0.1) is 19.1 Å². The second-order valence-electron chi connectivity index (χ2n) is 4.08. The molecule has 1 N–H and O–H groups in total. The van der Waals surface area contributed by atoms with Crippen molar-refractivity contribution in [1.82, 2.24) is 0 Å². The largest absolute Gasteiger partial charge is 0.481 e. The van der Waals surface area contributed by atoms with Gasteiger partial charge in [-0.25, -0.2) is 0 Å². The minimum Gasteiger partial charge on any atom is -0.481 e. The molecule has 0 bridgehead atoms. The van der Waals surface area contributed by atoms with E-state index in [2.05, 4.69) is 0 Å². The molecule has 0 aromatic heterocycles. The summed E-state index contributed by atoms with van der Waals surface area (Å²) in [6.07, 6.45) is 1.72. The molecular formula is C10H18O4. The first kappa shape index (κ1) is 11.5. The maximum absolute atomic E-state index is 10.7. The molecule has 1 rings (SSSR count). The van der Waals surface area contributed by atoms with Gasteiger partial charge in [-0.2, -0.15) is 0 Å². The third-order valence-corrected chi connectivity index (χ3v) is 2.25. The number of carboxylic acids is 1. The molecule has 1 aliphatic heterocycles. The van der Waals surface area contributed by atoms with Crippen LogP contribution in [0.4, 0.5) is 0 Å². The third kappa shape index (κ3) is 3.27. The summed E-state index contributed by atoms with van der Waals surface area (Å²) >= 11 is 0. The van der Waals surface area contributed by atoms with Crippen LogP contribution in [-0.2, 0) is 14.3 Å². The van der Waals surface area contributed by atoms with Crippen molar-refractivity contribution >= 4 is 5.97 Å². The van der Waals surface area contributed by atoms with Crippen molar-refractivity contribution in [1.29, 1.82) is 0 Å². The van der Waals surface area contributed by atoms with E-state index in [-0.39, 0.29) is 12.5 Å². The van der Waals surface area contributed by atoms with Crippen molar-refractivity contribution in [3.8, 4) is 0 Å². The summed E-state index contributed by atoms with van der Waals surface area (Å²) in [5, 5.41) is 8.81. The molecule has 1 heterocycles. The molecule has 4 heteroatoms. The Morgan fingerprint density at radius 3 is 2.79 bits per heavy atom. The maximum Gasteiger partial charge on any atom is 0.306 e. The first-order chi connectivity index (χ1) is 6.54. The van der Waals surface area contributed by atoms with Gasteiger partial charge in [0.25, 0.3) is 0 Å². The lowest BCUT2D eigenvalue weighted by Crippen LogP contribution is -2.45. The van der Waals surface area contributed by atoms with Crippen LogP contribution in [0.5, 0.6) is 0 Å². The Kier molecular flexibility index (Phi) is 3.89. The summed E-state index contributed by atoms with van der Waals surface area (Å²) in [5.74, 6) is -0.823. The van der Waals surface area contributed by atoms with Crippen molar-refractivity contribution in [2.75, 3.05) is 13.2 Å². The molecule has 1 fully saturated rings. The summed E-state index contributed by atoms with van der Waals surface area (Å²) < 4.78 is 11.0. The van der Waals surface area contributed by atoms with Crippen molar-refractivity contribution in [2.24, 2.45) is 0 Å². The van der Waals surface area contributed by atoms with Crippen molar-refractivity contribution < 1.29 is 19.4 Å². The average molecular weight is 202 g/mol. The highest BCUT2D eigenvalue weighted by Gasteiger charge is 2.37. The van der Waals surface area contributed by atoms with Gasteiger partial charge in [0, 0.05) is 6.61 Å². The Labute approximate surface area is 84.2 Å².